The lowest BCUT2D eigenvalue weighted by Gasteiger charge is -2.30. The fraction of sp³-hybridized carbons (Fsp3) is 0.619. The van der Waals surface area contributed by atoms with Crippen molar-refractivity contribution in [2.45, 2.75) is 64.6 Å². The first-order chi connectivity index (χ1) is 13.5. The molecule has 6 nitrogen and oxygen atoms in total. The van der Waals surface area contributed by atoms with Crippen molar-refractivity contribution in [3.8, 4) is 0 Å². The molecule has 0 atom stereocenters. The molecule has 1 amide bonds. The van der Waals surface area contributed by atoms with Crippen molar-refractivity contribution in [3.05, 3.63) is 38.4 Å². The summed E-state index contributed by atoms with van der Waals surface area (Å²) < 4.78 is 10.7. The van der Waals surface area contributed by atoms with Crippen molar-refractivity contribution in [2.75, 3.05) is 20.3 Å². The van der Waals surface area contributed by atoms with E-state index in [4.69, 9.17) is 9.26 Å². The molecule has 1 N–H and O–H groups in total. The normalized spacial score (nSPS) is 19.0. The minimum absolute atomic E-state index is 0.0654. The first-order valence-electron chi connectivity index (χ1n) is 10.1. The molecule has 2 aromatic heterocycles. The van der Waals surface area contributed by atoms with Crippen LogP contribution in [-0.4, -0.2) is 41.8 Å². The van der Waals surface area contributed by atoms with E-state index in [-0.39, 0.29) is 11.4 Å². The standard InChI is InChI=1S/C21H29N3O3S/c1-14-17(15(2)27-23-14)10-24-9-6-16-18(12-28-19(16)11-24)20(25)22-21(13-26-3)7-4-5-8-21/h12H,4-11,13H2,1-3H3,(H,22,25). The Morgan fingerprint density at radius 1 is 1.39 bits per heavy atom. The average Bonchev–Trinajstić information content (AvgIpc) is 3.37. The van der Waals surface area contributed by atoms with Gasteiger partial charge in [-0.15, -0.1) is 11.3 Å². The molecule has 4 rings (SSSR count). The molecule has 0 bridgehead atoms. The predicted octanol–water partition coefficient (Wildman–Crippen LogP) is 3.60. The number of methoxy groups -OCH3 is 1. The van der Waals surface area contributed by atoms with E-state index in [2.05, 4.69) is 15.4 Å². The molecule has 3 heterocycles. The van der Waals surface area contributed by atoms with Gasteiger partial charge in [-0.1, -0.05) is 18.0 Å². The Kier molecular flexibility index (Phi) is 5.58. The lowest BCUT2D eigenvalue weighted by molar-refractivity contribution is 0.0766. The molecule has 1 aliphatic heterocycles. The number of hydrogen-bond donors (Lipinski definition) is 1. The van der Waals surface area contributed by atoms with Gasteiger partial charge in [-0.3, -0.25) is 9.69 Å². The number of carbonyl (C=O) groups excluding carboxylic acids is 1. The topological polar surface area (TPSA) is 67.6 Å². The molecule has 28 heavy (non-hydrogen) atoms. The Labute approximate surface area is 170 Å². The summed E-state index contributed by atoms with van der Waals surface area (Å²) in [4.78, 5) is 16.8. The van der Waals surface area contributed by atoms with Crippen molar-refractivity contribution in [3.63, 3.8) is 0 Å². The molecule has 152 valence electrons. The van der Waals surface area contributed by atoms with Crippen molar-refractivity contribution >= 4 is 17.2 Å². The fourth-order valence-electron chi connectivity index (χ4n) is 4.60. The van der Waals surface area contributed by atoms with Gasteiger partial charge in [0.1, 0.15) is 5.76 Å². The quantitative estimate of drug-likeness (QED) is 0.798. The number of ether oxygens (including phenoxy) is 1. The van der Waals surface area contributed by atoms with Crippen LogP contribution >= 0.6 is 11.3 Å². The summed E-state index contributed by atoms with van der Waals surface area (Å²) in [6.07, 6.45) is 5.22. The van der Waals surface area contributed by atoms with Gasteiger partial charge in [0, 0.05) is 42.6 Å². The van der Waals surface area contributed by atoms with Gasteiger partial charge in [0.2, 0.25) is 0 Å². The van der Waals surface area contributed by atoms with Crippen LogP contribution in [0.3, 0.4) is 0 Å². The summed E-state index contributed by atoms with van der Waals surface area (Å²) in [5, 5.41) is 9.41. The number of fused-ring (bicyclic) bond motifs is 1. The van der Waals surface area contributed by atoms with Crippen LogP contribution in [0.1, 0.15) is 63.5 Å². The number of aryl methyl sites for hydroxylation is 2. The first kappa shape index (κ1) is 19.6. The highest BCUT2D eigenvalue weighted by molar-refractivity contribution is 7.10. The van der Waals surface area contributed by atoms with E-state index in [1.165, 1.54) is 16.0 Å². The number of hydrogen-bond acceptors (Lipinski definition) is 6. The van der Waals surface area contributed by atoms with Crippen molar-refractivity contribution in [1.82, 2.24) is 15.4 Å². The van der Waals surface area contributed by atoms with Crippen molar-refractivity contribution < 1.29 is 14.1 Å². The molecule has 0 saturated heterocycles. The second kappa shape index (κ2) is 7.97. The zero-order valence-electron chi connectivity index (χ0n) is 17.0. The van der Waals surface area contributed by atoms with Crippen LogP contribution in [0.25, 0.3) is 0 Å². The van der Waals surface area contributed by atoms with Crippen LogP contribution < -0.4 is 5.32 Å². The maximum absolute atomic E-state index is 13.0. The van der Waals surface area contributed by atoms with Crippen LogP contribution in [0.15, 0.2) is 9.90 Å². The smallest absolute Gasteiger partial charge is 0.252 e. The monoisotopic (exact) mass is 403 g/mol. The summed E-state index contributed by atoms with van der Waals surface area (Å²) >= 11 is 1.70. The molecular weight excluding hydrogens is 374 g/mol. The number of nitrogens with zero attached hydrogens (tertiary/aromatic N) is 2. The molecule has 0 spiro atoms. The number of thiophene rings is 1. The third-order valence-electron chi connectivity index (χ3n) is 6.19. The average molecular weight is 404 g/mol. The van der Waals surface area contributed by atoms with E-state index in [0.29, 0.717) is 6.61 Å². The summed E-state index contributed by atoms with van der Waals surface area (Å²) in [5.41, 5.74) is 4.04. The predicted molar refractivity (Wildman–Crippen MR) is 109 cm³/mol. The number of rotatable bonds is 6. The summed E-state index contributed by atoms with van der Waals surface area (Å²) in [6, 6.07) is 0. The summed E-state index contributed by atoms with van der Waals surface area (Å²) in [5.74, 6) is 0.963. The third-order valence-corrected chi connectivity index (χ3v) is 7.21. The summed E-state index contributed by atoms with van der Waals surface area (Å²) in [7, 11) is 1.71. The van der Waals surface area contributed by atoms with E-state index in [1.54, 1.807) is 18.4 Å². The molecule has 0 unspecified atom stereocenters. The Bertz CT molecular complexity index is 832. The van der Waals surface area contributed by atoms with Crippen molar-refractivity contribution in [1.29, 1.82) is 0 Å². The molecule has 2 aromatic rings. The Morgan fingerprint density at radius 3 is 2.86 bits per heavy atom. The molecule has 1 saturated carbocycles. The molecule has 1 fully saturated rings. The highest BCUT2D eigenvalue weighted by Gasteiger charge is 2.36. The lowest BCUT2D eigenvalue weighted by Crippen LogP contribution is -2.49. The molecule has 1 aliphatic carbocycles. The Balaban J connectivity index is 1.45. The number of amides is 1. The van der Waals surface area contributed by atoms with E-state index < -0.39 is 0 Å². The molecule has 0 aromatic carbocycles. The molecule has 7 heteroatoms. The second-order valence-electron chi connectivity index (χ2n) is 8.19. The van der Waals surface area contributed by atoms with Crippen LogP contribution in [-0.2, 0) is 24.2 Å². The Morgan fingerprint density at radius 2 is 2.18 bits per heavy atom. The van der Waals surface area contributed by atoms with Gasteiger partial charge >= 0.3 is 0 Å². The van der Waals surface area contributed by atoms with E-state index in [1.807, 2.05) is 19.2 Å². The maximum atomic E-state index is 13.0. The van der Waals surface area contributed by atoms with Gasteiger partial charge in [0.05, 0.1) is 23.4 Å². The van der Waals surface area contributed by atoms with E-state index in [9.17, 15) is 4.79 Å². The van der Waals surface area contributed by atoms with Crippen LogP contribution in [0.5, 0.6) is 0 Å². The summed E-state index contributed by atoms with van der Waals surface area (Å²) in [6.45, 7) is 7.22. The number of aromatic nitrogens is 1. The first-order valence-corrected chi connectivity index (χ1v) is 10.9. The van der Waals surface area contributed by atoms with Gasteiger partial charge in [-0.05, 0) is 38.7 Å². The maximum Gasteiger partial charge on any atom is 0.252 e. The largest absolute Gasteiger partial charge is 0.382 e. The van der Waals surface area contributed by atoms with Gasteiger partial charge in [0.15, 0.2) is 0 Å². The molecule has 2 aliphatic rings. The van der Waals surface area contributed by atoms with Crippen molar-refractivity contribution in [2.24, 2.45) is 0 Å². The highest BCUT2D eigenvalue weighted by atomic mass is 32.1. The van der Waals surface area contributed by atoms with Gasteiger partial charge < -0.3 is 14.6 Å². The van der Waals surface area contributed by atoms with Crippen LogP contribution in [0.2, 0.25) is 0 Å². The van der Waals surface area contributed by atoms with Crippen LogP contribution in [0.4, 0.5) is 0 Å². The lowest BCUT2D eigenvalue weighted by atomic mass is 9.96. The number of carbonyl (C=O) groups is 1. The second-order valence-corrected chi connectivity index (χ2v) is 9.15. The minimum Gasteiger partial charge on any atom is -0.382 e. The zero-order valence-corrected chi connectivity index (χ0v) is 17.8. The number of nitrogens with one attached hydrogen (secondary N) is 1. The van der Waals surface area contributed by atoms with Crippen LogP contribution in [0, 0.1) is 13.8 Å². The minimum atomic E-state index is -0.190. The van der Waals surface area contributed by atoms with E-state index in [0.717, 1.165) is 68.8 Å². The van der Waals surface area contributed by atoms with Gasteiger partial charge in [0.25, 0.3) is 5.91 Å². The van der Waals surface area contributed by atoms with E-state index >= 15 is 0 Å². The third kappa shape index (κ3) is 3.75. The molecule has 0 radical (unpaired) electrons. The van der Waals surface area contributed by atoms with Gasteiger partial charge in [-0.2, -0.15) is 0 Å². The SMILES string of the molecule is COCC1(NC(=O)c2csc3c2CCN(Cc2c(C)noc2C)C3)CCCC1. The molecular formula is C21H29N3O3S. The van der Waals surface area contributed by atoms with Gasteiger partial charge in [-0.25, -0.2) is 0 Å². The highest BCUT2D eigenvalue weighted by Crippen LogP contribution is 2.33. The Hall–Kier alpha value is -1.70. The fourth-order valence-corrected chi connectivity index (χ4v) is 5.72. The zero-order chi connectivity index (χ0) is 19.7.